The number of rotatable bonds is 1. The van der Waals surface area contributed by atoms with Crippen molar-refractivity contribution in [2.45, 2.75) is 18.8 Å². The van der Waals surface area contributed by atoms with E-state index in [-0.39, 0.29) is 11.8 Å². The van der Waals surface area contributed by atoms with Crippen molar-refractivity contribution in [3.8, 4) is 0 Å². The maximum Gasteiger partial charge on any atom is 0.344 e. The predicted octanol–water partition coefficient (Wildman–Crippen LogP) is -0.710. The van der Waals surface area contributed by atoms with Crippen LogP contribution < -0.4 is 11.0 Å². The maximum absolute atomic E-state index is 11.4. The van der Waals surface area contributed by atoms with Crippen molar-refractivity contribution in [3.05, 3.63) is 28.4 Å². The highest BCUT2D eigenvalue weighted by molar-refractivity contribution is 6.00. The zero-order chi connectivity index (χ0) is 10.8. The number of nitrogens with one attached hydrogen (secondary N) is 2. The van der Waals surface area contributed by atoms with Crippen LogP contribution in [0.25, 0.3) is 0 Å². The summed E-state index contributed by atoms with van der Waals surface area (Å²) in [5.41, 5.74) is 0.172. The highest BCUT2D eigenvalue weighted by atomic mass is 16.2. The zero-order valence-corrected chi connectivity index (χ0v) is 7.82. The third kappa shape index (κ3) is 1.93. The minimum atomic E-state index is -0.453. The van der Waals surface area contributed by atoms with E-state index in [1.54, 1.807) is 0 Å². The van der Waals surface area contributed by atoms with Gasteiger partial charge in [-0.3, -0.25) is 14.9 Å². The van der Waals surface area contributed by atoms with Crippen molar-refractivity contribution in [1.29, 1.82) is 0 Å². The summed E-state index contributed by atoms with van der Waals surface area (Å²) in [7, 11) is 0. The normalized spacial score (nSPS) is 21.2. The second-order valence-corrected chi connectivity index (χ2v) is 3.36. The van der Waals surface area contributed by atoms with Crippen molar-refractivity contribution in [1.82, 2.24) is 15.3 Å². The number of piperidine rings is 1. The fraction of sp³-hybridized carbons (Fsp3) is 0.333. The third-order valence-corrected chi connectivity index (χ3v) is 2.33. The number of H-pyrrole nitrogens is 1. The lowest BCUT2D eigenvalue weighted by Gasteiger charge is -2.20. The Hall–Kier alpha value is -1.98. The molecule has 1 aliphatic rings. The summed E-state index contributed by atoms with van der Waals surface area (Å²) in [4.78, 5) is 39.0. The number of aromatic amines is 1. The van der Waals surface area contributed by atoms with Crippen LogP contribution in [0.3, 0.4) is 0 Å². The van der Waals surface area contributed by atoms with Gasteiger partial charge in [0.2, 0.25) is 11.8 Å². The minimum absolute atomic E-state index is 0.256. The molecule has 1 saturated heterocycles. The monoisotopic (exact) mass is 207 g/mol. The van der Waals surface area contributed by atoms with E-state index in [0.29, 0.717) is 18.4 Å². The smallest absolute Gasteiger partial charge is 0.312 e. The second kappa shape index (κ2) is 3.64. The maximum atomic E-state index is 11.4. The highest BCUT2D eigenvalue weighted by Gasteiger charge is 2.28. The lowest BCUT2D eigenvalue weighted by atomic mass is 9.93. The molecule has 0 spiro atoms. The number of carbonyl (C=O) groups excluding carboxylic acids is 2. The molecule has 0 saturated carbocycles. The SMILES string of the molecule is O=C1CCC(c2cnc(=O)[nH]c2)C(=O)N1. The van der Waals surface area contributed by atoms with Gasteiger partial charge in [0.05, 0.1) is 5.92 Å². The Morgan fingerprint density at radius 1 is 1.33 bits per heavy atom. The highest BCUT2D eigenvalue weighted by Crippen LogP contribution is 2.22. The molecule has 1 aliphatic heterocycles. The van der Waals surface area contributed by atoms with E-state index >= 15 is 0 Å². The number of hydrogen-bond donors (Lipinski definition) is 2. The molecule has 0 bridgehead atoms. The molecule has 1 aromatic heterocycles. The molecule has 1 aromatic rings. The zero-order valence-electron chi connectivity index (χ0n) is 7.82. The van der Waals surface area contributed by atoms with Crippen molar-refractivity contribution in [2.24, 2.45) is 0 Å². The fourth-order valence-electron chi connectivity index (χ4n) is 1.55. The van der Waals surface area contributed by atoms with Crippen LogP contribution in [0, 0.1) is 0 Å². The van der Waals surface area contributed by atoms with Gasteiger partial charge in [-0.2, -0.15) is 0 Å². The van der Waals surface area contributed by atoms with Crippen molar-refractivity contribution >= 4 is 11.8 Å². The molecule has 0 radical (unpaired) electrons. The standard InChI is InChI=1S/C9H9N3O3/c13-7-2-1-6(8(14)12-7)5-3-10-9(15)11-4-5/h3-4,6H,1-2H2,(H,10,11,15)(H,12,13,14). The Labute approximate surface area is 84.7 Å². The molecule has 6 nitrogen and oxygen atoms in total. The molecule has 2 rings (SSSR count). The average molecular weight is 207 g/mol. The van der Waals surface area contributed by atoms with Gasteiger partial charge >= 0.3 is 5.69 Å². The Balaban J connectivity index is 2.24. The fourth-order valence-corrected chi connectivity index (χ4v) is 1.55. The quantitative estimate of drug-likeness (QED) is 0.595. The molecule has 1 unspecified atom stereocenters. The van der Waals surface area contributed by atoms with Gasteiger partial charge in [-0.1, -0.05) is 0 Å². The Morgan fingerprint density at radius 3 is 2.73 bits per heavy atom. The molecule has 0 aliphatic carbocycles. The molecule has 2 amide bonds. The molecular weight excluding hydrogens is 198 g/mol. The first-order chi connectivity index (χ1) is 7.16. The lowest BCUT2D eigenvalue weighted by molar-refractivity contribution is -0.134. The van der Waals surface area contributed by atoms with Crippen molar-refractivity contribution < 1.29 is 9.59 Å². The molecule has 2 heterocycles. The van der Waals surface area contributed by atoms with Crippen LogP contribution in [0.1, 0.15) is 24.3 Å². The summed E-state index contributed by atoms with van der Waals surface area (Å²) in [6, 6.07) is 0. The van der Waals surface area contributed by atoms with E-state index in [4.69, 9.17) is 0 Å². The first-order valence-electron chi connectivity index (χ1n) is 4.55. The van der Waals surface area contributed by atoms with Gasteiger partial charge in [0.15, 0.2) is 0 Å². The van der Waals surface area contributed by atoms with Gasteiger partial charge in [0.25, 0.3) is 0 Å². The van der Waals surface area contributed by atoms with E-state index in [0.717, 1.165) is 0 Å². The predicted molar refractivity (Wildman–Crippen MR) is 50.0 cm³/mol. The van der Waals surface area contributed by atoms with Gasteiger partial charge in [-0.15, -0.1) is 0 Å². The summed E-state index contributed by atoms with van der Waals surface area (Å²) in [6.07, 6.45) is 3.59. The number of carbonyl (C=O) groups is 2. The lowest BCUT2D eigenvalue weighted by Crippen LogP contribution is -2.39. The summed E-state index contributed by atoms with van der Waals surface area (Å²) in [5.74, 6) is -0.985. The number of hydrogen-bond acceptors (Lipinski definition) is 4. The van der Waals surface area contributed by atoms with Gasteiger partial charge in [-0.05, 0) is 12.0 Å². The van der Waals surface area contributed by atoms with Crippen LogP contribution in [-0.4, -0.2) is 21.8 Å². The second-order valence-electron chi connectivity index (χ2n) is 3.36. The number of imide groups is 1. The Kier molecular flexibility index (Phi) is 2.32. The summed E-state index contributed by atoms with van der Waals surface area (Å²) in [5, 5.41) is 2.24. The Morgan fingerprint density at radius 2 is 2.13 bits per heavy atom. The number of amides is 2. The van der Waals surface area contributed by atoms with E-state index in [2.05, 4.69) is 15.3 Å². The van der Waals surface area contributed by atoms with E-state index in [9.17, 15) is 14.4 Å². The average Bonchev–Trinajstić information content (AvgIpc) is 2.20. The summed E-state index contributed by atoms with van der Waals surface area (Å²) >= 11 is 0. The number of aromatic nitrogens is 2. The van der Waals surface area contributed by atoms with E-state index < -0.39 is 11.6 Å². The Bertz CT molecular complexity index is 445. The van der Waals surface area contributed by atoms with E-state index in [1.165, 1.54) is 12.4 Å². The largest absolute Gasteiger partial charge is 0.344 e. The molecular formula is C9H9N3O3. The molecule has 15 heavy (non-hydrogen) atoms. The number of nitrogens with zero attached hydrogens (tertiary/aromatic N) is 1. The van der Waals surface area contributed by atoms with Crippen LogP contribution in [0.2, 0.25) is 0 Å². The van der Waals surface area contributed by atoms with Crippen LogP contribution in [-0.2, 0) is 9.59 Å². The molecule has 1 fully saturated rings. The van der Waals surface area contributed by atoms with Gasteiger partial charge in [0.1, 0.15) is 0 Å². The van der Waals surface area contributed by atoms with Crippen LogP contribution in [0.15, 0.2) is 17.2 Å². The third-order valence-electron chi connectivity index (χ3n) is 2.33. The summed E-state index contributed by atoms with van der Waals surface area (Å²) < 4.78 is 0. The van der Waals surface area contributed by atoms with Crippen LogP contribution >= 0.6 is 0 Å². The molecule has 2 N–H and O–H groups in total. The first kappa shape index (κ1) is 9.57. The topological polar surface area (TPSA) is 91.9 Å². The van der Waals surface area contributed by atoms with Gasteiger partial charge < -0.3 is 4.98 Å². The van der Waals surface area contributed by atoms with Crippen LogP contribution in [0.5, 0.6) is 0 Å². The van der Waals surface area contributed by atoms with Crippen molar-refractivity contribution in [3.63, 3.8) is 0 Å². The van der Waals surface area contributed by atoms with Gasteiger partial charge in [-0.25, -0.2) is 9.78 Å². The van der Waals surface area contributed by atoms with E-state index in [1.807, 2.05) is 0 Å². The summed E-state index contributed by atoms with van der Waals surface area (Å²) in [6.45, 7) is 0. The molecule has 6 heteroatoms. The van der Waals surface area contributed by atoms with Crippen molar-refractivity contribution in [2.75, 3.05) is 0 Å². The van der Waals surface area contributed by atoms with Gasteiger partial charge in [0, 0.05) is 18.8 Å². The minimum Gasteiger partial charge on any atom is -0.312 e. The molecule has 0 aromatic carbocycles. The molecule has 78 valence electrons. The van der Waals surface area contributed by atoms with Crippen LogP contribution in [0.4, 0.5) is 0 Å². The first-order valence-corrected chi connectivity index (χ1v) is 4.55. The molecule has 1 atom stereocenters.